The molecule has 0 unspecified atom stereocenters. The summed E-state index contributed by atoms with van der Waals surface area (Å²) in [5, 5.41) is 4.02. The molecule has 1 saturated heterocycles. The number of anilines is 1. The molecule has 2 aromatic carbocycles. The van der Waals surface area contributed by atoms with Crippen molar-refractivity contribution in [3.8, 4) is 0 Å². The number of carbonyl (C=O) groups excluding carboxylic acids is 5. The molecule has 1 fully saturated rings. The van der Waals surface area contributed by atoms with Crippen molar-refractivity contribution in [1.82, 2.24) is 10.4 Å². The van der Waals surface area contributed by atoms with Gasteiger partial charge in [0, 0.05) is 17.7 Å². The van der Waals surface area contributed by atoms with Crippen molar-refractivity contribution in [3.05, 3.63) is 63.6 Å². The second-order valence-electron chi connectivity index (χ2n) is 7.84. The Morgan fingerprint density at radius 3 is 2.36 bits per heavy atom. The van der Waals surface area contributed by atoms with E-state index in [1.54, 1.807) is 0 Å². The number of hydrogen-bond acceptors (Lipinski definition) is 7. The smallest absolute Gasteiger partial charge is 0.338 e. The Kier molecular flexibility index (Phi) is 9.26. The van der Waals surface area contributed by atoms with Gasteiger partial charge in [-0.25, -0.2) is 4.79 Å². The molecule has 2 N–H and O–H groups in total. The molecule has 0 aliphatic carbocycles. The highest BCUT2D eigenvalue weighted by Gasteiger charge is 2.36. The Hall–Kier alpha value is -3.63. The Morgan fingerprint density at radius 2 is 1.69 bits per heavy atom. The van der Waals surface area contributed by atoms with E-state index in [2.05, 4.69) is 10.7 Å². The molecule has 1 aliphatic heterocycles. The molecule has 1 aliphatic rings. The summed E-state index contributed by atoms with van der Waals surface area (Å²) < 4.78 is 10.1. The van der Waals surface area contributed by atoms with E-state index in [4.69, 9.17) is 32.7 Å². The molecule has 10 nitrogen and oxygen atoms in total. The largest absolute Gasteiger partial charge is 0.462 e. The molecule has 1 atom stereocenters. The second-order valence-corrected chi connectivity index (χ2v) is 8.66. The maximum absolute atomic E-state index is 12.4. The monoisotopic (exact) mass is 535 g/mol. The van der Waals surface area contributed by atoms with Crippen LogP contribution >= 0.6 is 23.2 Å². The zero-order chi connectivity index (χ0) is 26.2. The van der Waals surface area contributed by atoms with Crippen LogP contribution in [-0.2, 0) is 23.9 Å². The third kappa shape index (κ3) is 7.19. The normalized spacial score (nSPS) is 14.8. The fourth-order valence-electron chi connectivity index (χ4n) is 3.22. The number of carbonyl (C=O) groups is 5. The van der Waals surface area contributed by atoms with E-state index in [9.17, 15) is 24.0 Å². The van der Waals surface area contributed by atoms with Crippen LogP contribution < -0.4 is 10.7 Å². The van der Waals surface area contributed by atoms with Crippen molar-refractivity contribution < 1.29 is 33.4 Å². The van der Waals surface area contributed by atoms with Gasteiger partial charge < -0.3 is 14.8 Å². The van der Waals surface area contributed by atoms with E-state index in [-0.39, 0.29) is 28.6 Å². The van der Waals surface area contributed by atoms with Gasteiger partial charge in [-0.3, -0.25) is 29.6 Å². The van der Waals surface area contributed by atoms with Crippen LogP contribution in [0.2, 0.25) is 10.0 Å². The van der Waals surface area contributed by atoms with Gasteiger partial charge >= 0.3 is 11.9 Å². The van der Waals surface area contributed by atoms with Gasteiger partial charge in [-0.15, -0.1) is 0 Å². The lowest BCUT2D eigenvalue weighted by Crippen LogP contribution is -2.43. The van der Waals surface area contributed by atoms with Gasteiger partial charge in [-0.2, -0.15) is 0 Å². The van der Waals surface area contributed by atoms with Crippen molar-refractivity contribution in [1.29, 1.82) is 0 Å². The Morgan fingerprint density at radius 1 is 1.00 bits per heavy atom. The fourth-order valence-corrected chi connectivity index (χ4v) is 3.52. The first-order valence-electron chi connectivity index (χ1n) is 11.0. The van der Waals surface area contributed by atoms with Crippen molar-refractivity contribution in [3.63, 3.8) is 0 Å². The second kappa shape index (κ2) is 12.4. The molecule has 0 saturated carbocycles. The molecule has 36 heavy (non-hydrogen) atoms. The molecule has 0 aromatic heterocycles. The molecular formula is C24H23Cl2N3O7. The Labute approximate surface area is 216 Å². The van der Waals surface area contributed by atoms with Crippen LogP contribution in [-0.4, -0.2) is 54.4 Å². The number of esters is 2. The number of rotatable bonds is 9. The zero-order valence-electron chi connectivity index (χ0n) is 19.2. The third-order valence-corrected chi connectivity index (χ3v) is 5.80. The minimum absolute atomic E-state index is 0.109. The van der Waals surface area contributed by atoms with Crippen LogP contribution in [0.15, 0.2) is 42.5 Å². The van der Waals surface area contributed by atoms with Crippen LogP contribution in [0.1, 0.15) is 40.5 Å². The summed E-state index contributed by atoms with van der Waals surface area (Å²) in [4.78, 5) is 60.9. The Bertz CT molecular complexity index is 1170. The summed E-state index contributed by atoms with van der Waals surface area (Å²) >= 11 is 11.7. The van der Waals surface area contributed by atoms with E-state index in [1.165, 1.54) is 42.5 Å². The lowest BCUT2D eigenvalue weighted by atomic mass is 10.1. The van der Waals surface area contributed by atoms with Crippen LogP contribution in [0.4, 0.5) is 5.69 Å². The summed E-state index contributed by atoms with van der Waals surface area (Å²) in [5.41, 5.74) is 3.35. The van der Waals surface area contributed by atoms with Gasteiger partial charge in [-0.1, -0.05) is 30.1 Å². The topological polar surface area (TPSA) is 131 Å². The summed E-state index contributed by atoms with van der Waals surface area (Å²) in [5.74, 6) is -3.74. The molecular weight excluding hydrogens is 513 g/mol. The predicted octanol–water partition coefficient (Wildman–Crippen LogP) is 3.24. The van der Waals surface area contributed by atoms with E-state index in [0.29, 0.717) is 24.3 Å². The lowest BCUT2D eigenvalue weighted by Gasteiger charge is -2.17. The molecule has 12 heteroatoms. The average molecular weight is 536 g/mol. The van der Waals surface area contributed by atoms with Crippen molar-refractivity contribution >= 4 is 58.5 Å². The van der Waals surface area contributed by atoms with Gasteiger partial charge in [0.1, 0.15) is 0 Å². The summed E-state index contributed by atoms with van der Waals surface area (Å²) in [6.45, 7) is 1.52. The molecule has 190 valence electrons. The predicted molar refractivity (Wildman–Crippen MR) is 130 cm³/mol. The standard InChI is InChI=1S/C24H23Cl2N3O7/c1-2-9-35-23(33)14-3-6-17(7-4-14)27-20(30)13-36-24(34)16-11-21(31)29(12-16)28-22(32)15-5-8-18(25)19(26)10-15/h3-8,10,16H,2,9,11-13H2,1H3,(H,27,30)(H,28,32)/t16-/m1/s1. The van der Waals surface area contributed by atoms with Crippen LogP contribution in [0.25, 0.3) is 0 Å². The van der Waals surface area contributed by atoms with Gasteiger partial charge in [0.15, 0.2) is 6.61 Å². The van der Waals surface area contributed by atoms with E-state index >= 15 is 0 Å². The Balaban J connectivity index is 1.45. The first-order chi connectivity index (χ1) is 17.2. The van der Waals surface area contributed by atoms with E-state index in [1.807, 2.05) is 6.92 Å². The minimum Gasteiger partial charge on any atom is -0.462 e. The van der Waals surface area contributed by atoms with Gasteiger partial charge in [0.2, 0.25) is 5.91 Å². The molecule has 3 amide bonds. The number of benzene rings is 2. The SMILES string of the molecule is CCCOC(=O)c1ccc(NC(=O)COC(=O)[C@@H]2CC(=O)N(NC(=O)c3ccc(Cl)c(Cl)c3)C2)cc1. The van der Waals surface area contributed by atoms with E-state index in [0.717, 1.165) is 5.01 Å². The molecule has 3 rings (SSSR count). The van der Waals surface area contributed by atoms with Gasteiger partial charge in [0.25, 0.3) is 11.8 Å². The van der Waals surface area contributed by atoms with Gasteiger partial charge in [0.05, 0.1) is 34.7 Å². The third-order valence-electron chi connectivity index (χ3n) is 5.06. The number of ether oxygens (including phenoxy) is 2. The highest BCUT2D eigenvalue weighted by atomic mass is 35.5. The zero-order valence-corrected chi connectivity index (χ0v) is 20.7. The van der Waals surface area contributed by atoms with Crippen molar-refractivity contribution in [2.45, 2.75) is 19.8 Å². The summed E-state index contributed by atoms with van der Waals surface area (Å²) in [6, 6.07) is 10.3. The number of hydrazine groups is 1. The number of amides is 3. The van der Waals surface area contributed by atoms with Crippen LogP contribution in [0.5, 0.6) is 0 Å². The lowest BCUT2D eigenvalue weighted by molar-refractivity contribution is -0.151. The number of halogens is 2. The number of nitrogens with one attached hydrogen (secondary N) is 2. The van der Waals surface area contributed by atoms with E-state index < -0.39 is 42.2 Å². The first kappa shape index (κ1) is 27.0. The molecule has 0 radical (unpaired) electrons. The first-order valence-corrected chi connectivity index (χ1v) is 11.7. The molecule has 0 spiro atoms. The average Bonchev–Trinajstić information content (AvgIpc) is 3.23. The quantitative estimate of drug-likeness (QED) is 0.471. The molecule has 0 bridgehead atoms. The van der Waals surface area contributed by atoms with Crippen molar-refractivity contribution in [2.24, 2.45) is 5.92 Å². The van der Waals surface area contributed by atoms with Crippen LogP contribution in [0.3, 0.4) is 0 Å². The summed E-state index contributed by atoms with van der Waals surface area (Å²) in [7, 11) is 0. The molecule has 2 aromatic rings. The maximum Gasteiger partial charge on any atom is 0.338 e. The van der Waals surface area contributed by atoms with Gasteiger partial charge in [-0.05, 0) is 48.9 Å². The number of hydrogen-bond donors (Lipinski definition) is 2. The maximum atomic E-state index is 12.4. The fraction of sp³-hybridized carbons (Fsp3) is 0.292. The van der Waals surface area contributed by atoms with Crippen LogP contribution in [0, 0.1) is 5.92 Å². The minimum atomic E-state index is -0.854. The molecule has 1 heterocycles. The summed E-state index contributed by atoms with van der Waals surface area (Å²) in [6.07, 6.45) is 0.525. The highest BCUT2D eigenvalue weighted by molar-refractivity contribution is 6.42. The highest BCUT2D eigenvalue weighted by Crippen LogP contribution is 2.23. The van der Waals surface area contributed by atoms with Crippen molar-refractivity contribution in [2.75, 3.05) is 25.1 Å². The number of nitrogens with zero attached hydrogens (tertiary/aromatic N) is 1.